The lowest BCUT2D eigenvalue weighted by Gasteiger charge is -2.34. The first-order chi connectivity index (χ1) is 14.3. The minimum Gasteiger partial charge on any atom is -0.306 e. The maximum atomic E-state index is 14.1. The number of nitrogens with zero attached hydrogens (tertiary/aromatic N) is 3. The highest BCUT2D eigenvalue weighted by atomic mass is 32.1. The van der Waals surface area contributed by atoms with Crippen molar-refractivity contribution in [3.8, 4) is 0 Å². The molecule has 5 rings (SSSR count). The van der Waals surface area contributed by atoms with Gasteiger partial charge in [0.25, 0.3) is 0 Å². The number of fused-ring (bicyclic) bond motifs is 1. The summed E-state index contributed by atoms with van der Waals surface area (Å²) in [5, 5.41) is 2.08. The Morgan fingerprint density at radius 2 is 1.83 bits per heavy atom. The summed E-state index contributed by atoms with van der Waals surface area (Å²) in [5.74, 6) is 0.203. The van der Waals surface area contributed by atoms with E-state index in [0.717, 1.165) is 42.7 Å². The molecule has 1 aliphatic carbocycles. The van der Waals surface area contributed by atoms with Crippen molar-refractivity contribution < 1.29 is 4.79 Å². The minimum atomic E-state index is -0.412. The summed E-state index contributed by atoms with van der Waals surface area (Å²) in [4.78, 5) is 21.8. The molecule has 1 fully saturated rings. The first-order valence-electron chi connectivity index (χ1n) is 10.1. The number of anilines is 1. The van der Waals surface area contributed by atoms with Crippen molar-refractivity contribution in [2.45, 2.75) is 37.6 Å². The molecule has 1 saturated carbocycles. The van der Waals surface area contributed by atoms with Gasteiger partial charge < -0.3 is 9.30 Å². The SMILES string of the molecule is O=C(N(Cc1cnc2ccccn12)c1ccccc1)C1(c2cccs2)CCCC1. The highest BCUT2D eigenvalue weighted by Crippen LogP contribution is 2.45. The van der Waals surface area contributed by atoms with Gasteiger partial charge in [0.15, 0.2) is 0 Å². The number of carbonyl (C=O) groups is 1. The molecule has 146 valence electrons. The van der Waals surface area contributed by atoms with Crippen LogP contribution in [0.2, 0.25) is 0 Å². The number of rotatable bonds is 5. The number of benzene rings is 1. The molecule has 1 amide bonds. The third kappa shape index (κ3) is 3.15. The van der Waals surface area contributed by atoms with Crippen molar-refractivity contribution in [2.75, 3.05) is 4.90 Å². The maximum Gasteiger partial charge on any atom is 0.238 e. The average Bonchev–Trinajstić information content (AvgIpc) is 3.53. The zero-order valence-electron chi connectivity index (χ0n) is 16.2. The summed E-state index contributed by atoms with van der Waals surface area (Å²) in [5.41, 5.74) is 2.44. The molecule has 0 aliphatic heterocycles. The Bertz CT molecular complexity index is 1110. The van der Waals surface area contributed by atoms with E-state index in [-0.39, 0.29) is 5.91 Å². The Kier molecular flexibility index (Phi) is 4.68. The standard InChI is InChI=1S/C24H23N3OS/c28-23(24(13-5-6-14-24)21-11-8-16-29-21)27(19-9-2-1-3-10-19)18-20-17-25-22-12-4-7-15-26(20)22/h1-4,7-12,15-17H,5-6,13-14,18H2. The second kappa shape index (κ2) is 7.48. The Hall–Kier alpha value is -2.92. The predicted molar refractivity (Wildman–Crippen MR) is 117 cm³/mol. The molecule has 1 aliphatic rings. The normalized spacial score (nSPS) is 15.6. The molecule has 3 heterocycles. The van der Waals surface area contributed by atoms with Gasteiger partial charge in [-0.15, -0.1) is 11.3 Å². The number of aromatic nitrogens is 2. The zero-order chi connectivity index (χ0) is 19.7. The van der Waals surface area contributed by atoms with Gasteiger partial charge >= 0.3 is 0 Å². The summed E-state index contributed by atoms with van der Waals surface area (Å²) in [6.45, 7) is 0.501. The molecule has 0 atom stereocenters. The monoisotopic (exact) mass is 401 g/mol. The second-order valence-electron chi connectivity index (χ2n) is 7.67. The largest absolute Gasteiger partial charge is 0.306 e. The molecular formula is C24H23N3OS. The van der Waals surface area contributed by atoms with Gasteiger partial charge in [-0.25, -0.2) is 4.98 Å². The van der Waals surface area contributed by atoms with Crippen molar-refractivity contribution in [3.63, 3.8) is 0 Å². The van der Waals surface area contributed by atoms with Gasteiger partial charge in [0.1, 0.15) is 5.65 Å². The van der Waals surface area contributed by atoms with Crippen LogP contribution in [0.3, 0.4) is 0 Å². The molecule has 0 N–H and O–H groups in total. The van der Waals surface area contributed by atoms with Crippen LogP contribution in [0.4, 0.5) is 5.69 Å². The van der Waals surface area contributed by atoms with Gasteiger partial charge in [-0.05, 0) is 48.6 Å². The predicted octanol–water partition coefficient (Wildman–Crippen LogP) is 5.44. The van der Waals surface area contributed by atoms with Crippen LogP contribution in [-0.4, -0.2) is 15.3 Å². The third-order valence-electron chi connectivity index (χ3n) is 5.99. The van der Waals surface area contributed by atoms with E-state index in [1.54, 1.807) is 11.3 Å². The van der Waals surface area contributed by atoms with Crippen molar-refractivity contribution in [1.29, 1.82) is 0 Å². The molecule has 0 spiro atoms. The van der Waals surface area contributed by atoms with Crippen LogP contribution < -0.4 is 4.90 Å². The molecule has 0 bridgehead atoms. The van der Waals surface area contributed by atoms with Crippen LogP contribution in [0.5, 0.6) is 0 Å². The summed E-state index contributed by atoms with van der Waals surface area (Å²) < 4.78 is 2.07. The number of para-hydroxylation sites is 1. The topological polar surface area (TPSA) is 37.6 Å². The summed E-state index contributed by atoms with van der Waals surface area (Å²) in [6, 6.07) is 20.2. The smallest absolute Gasteiger partial charge is 0.238 e. The van der Waals surface area contributed by atoms with Crippen molar-refractivity contribution >= 4 is 28.6 Å². The maximum absolute atomic E-state index is 14.1. The molecular weight excluding hydrogens is 378 g/mol. The average molecular weight is 402 g/mol. The molecule has 29 heavy (non-hydrogen) atoms. The number of thiophene rings is 1. The molecule has 0 radical (unpaired) electrons. The molecule has 4 aromatic rings. The number of hydrogen-bond donors (Lipinski definition) is 0. The van der Waals surface area contributed by atoms with Crippen LogP contribution in [-0.2, 0) is 16.8 Å². The molecule has 4 nitrogen and oxygen atoms in total. The Labute approximate surface area is 174 Å². The fraction of sp³-hybridized carbons (Fsp3) is 0.250. The highest BCUT2D eigenvalue weighted by molar-refractivity contribution is 7.10. The molecule has 3 aromatic heterocycles. The zero-order valence-corrected chi connectivity index (χ0v) is 17.0. The minimum absolute atomic E-state index is 0.203. The van der Waals surface area contributed by atoms with E-state index in [9.17, 15) is 4.79 Å². The van der Waals surface area contributed by atoms with Gasteiger partial charge in [-0.2, -0.15) is 0 Å². The van der Waals surface area contributed by atoms with Gasteiger partial charge in [0, 0.05) is 16.8 Å². The quantitative estimate of drug-likeness (QED) is 0.446. The number of imidazole rings is 1. The third-order valence-corrected chi connectivity index (χ3v) is 7.06. The van der Waals surface area contributed by atoms with Crippen LogP contribution in [0.15, 0.2) is 78.4 Å². The number of pyridine rings is 1. The van der Waals surface area contributed by atoms with Crippen molar-refractivity contribution in [1.82, 2.24) is 9.38 Å². The second-order valence-corrected chi connectivity index (χ2v) is 8.62. The van der Waals surface area contributed by atoms with Gasteiger partial charge in [-0.3, -0.25) is 4.79 Å². The van der Waals surface area contributed by atoms with E-state index in [1.807, 2.05) is 65.8 Å². The number of carbonyl (C=O) groups excluding carboxylic acids is 1. The van der Waals surface area contributed by atoms with Crippen molar-refractivity contribution in [2.24, 2.45) is 0 Å². The van der Waals surface area contributed by atoms with Gasteiger partial charge in [0.2, 0.25) is 5.91 Å². The molecule has 0 saturated heterocycles. The van der Waals surface area contributed by atoms with E-state index in [0.29, 0.717) is 6.54 Å². The molecule has 0 unspecified atom stereocenters. The van der Waals surface area contributed by atoms with Crippen LogP contribution in [0.25, 0.3) is 5.65 Å². The fourth-order valence-electron chi connectivity index (χ4n) is 4.51. The van der Waals surface area contributed by atoms with Crippen LogP contribution in [0.1, 0.15) is 36.3 Å². The lowest BCUT2D eigenvalue weighted by atomic mass is 9.82. The summed E-state index contributed by atoms with van der Waals surface area (Å²) >= 11 is 1.71. The first kappa shape index (κ1) is 18.1. The lowest BCUT2D eigenvalue weighted by molar-refractivity contribution is -0.124. The Morgan fingerprint density at radius 3 is 2.59 bits per heavy atom. The molecule has 1 aromatic carbocycles. The summed E-state index contributed by atoms with van der Waals surface area (Å²) in [7, 11) is 0. The van der Waals surface area contributed by atoms with Crippen LogP contribution >= 0.6 is 11.3 Å². The van der Waals surface area contributed by atoms with E-state index in [2.05, 4.69) is 26.9 Å². The van der Waals surface area contributed by atoms with Crippen molar-refractivity contribution in [3.05, 3.63) is 89.0 Å². The highest BCUT2D eigenvalue weighted by Gasteiger charge is 2.46. The Balaban J connectivity index is 1.58. The number of amides is 1. The van der Waals surface area contributed by atoms with E-state index in [4.69, 9.17) is 0 Å². The van der Waals surface area contributed by atoms with E-state index >= 15 is 0 Å². The van der Waals surface area contributed by atoms with Gasteiger partial charge in [-0.1, -0.05) is 43.2 Å². The first-order valence-corrected chi connectivity index (χ1v) is 11.0. The van der Waals surface area contributed by atoms with Gasteiger partial charge in [0.05, 0.1) is 23.9 Å². The molecule has 5 heteroatoms. The van der Waals surface area contributed by atoms with Crippen LogP contribution in [0, 0.1) is 0 Å². The lowest BCUT2D eigenvalue weighted by Crippen LogP contribution is -2.45. The Morgan fingerprint density at radius 1 is 1.03 bits per heavy atom. The van der Waals surface area contributed by atoms with E-state index in [1.165, 1.54) is 4.88 Å². The number of hydrogen-bond acceptors (Lipinski definition) is 3. The van der Waals surface area contributed by atoms with E-state index < -0.39 is 5.41 Å². The summed E-state index contributed by atoms with van der Waals surface area (Å²) in [6.07, 6.45) is 7.93. The fourth-order valence-corrected chi connectivity index (χ4v) is 5.48.